The van der Waals surface area contributed by atoms with Crippen LogP contribution in [0.1, 0.15) is 72.6 Å². The van der Waals surface area contributed by atoms with Crippen molar-refractivity contribution in [1.29, 1.82) is 0 Å². The van der Waals surface area contributed by atoms with Gasteiger partial charge in [0.15, 0.2) is 0 Å². The number of aliphatic carboxylic acids is 1. The minimum atomic E-state index is -0.754. The molecule has 0 aromatic carbocycles. The van der Waals surface area contributed by atoms with E-state index in [0.717, 1.165) is 25.7 Å². The third-order valence-electron chi connectivity index (χ3n) is 4.94. The van der Waals surface area contributed by atoms with Gasteiger partial charge in [-0.1, -0.05) is 40.5 Å². The van der Waals surface area contributed by atoms with E-state index < -0.39 is 5.97 Å². The monoisotopic (exact) mass is 297 g/mol. The molecule has 4 nitrogen and oxygen atoms in total. The molecule has 0 spiro atoms. The van der Waals surface area contributed by atoms with Crippen LogP contribution in [0.25, 0.3) is 0 Å². The minimum Gasteiger partial charge on any atom is -0.481 e. The minimum absolute atomic E-state index is 0.0479. The van der Waals surface area contributed by atoms with Gasteiger partial charge in [-0.3, -0.25) is 9.59 Å². The summed E-state index contributed by atoms with van der Waals surface area (Å²) in [5, 5.41) is 11.8. The Kier molecular flexibility index (Phi) is 6.24. The fraction of sp³-hybridized carbons (Fsp3) is 0.882. The Morgan fingerprint density at radius 1 is 1.24 bits per heavy atom. The summed E-state index contributed by atoms with van der Waals surface area (Å²) < 4.78 is 0. The second-order valence-corrected chi connectivity index (χ2v) is 7.89. The van der Waals surface area contributed by atoms with E-state index in [9.17, 15) is 9.59 Å². The molecule has 122 valence electrons. The summed E-state index contributed by atoms with van der Waals surface area (Å²) in [6, 6.07) is 0. The maximum Gasteiger partial charge on any atom is 0.303 e. The standard InChI is InChI=1S/C17H31NO3/c1-16(2,10-8-14(19)20)11-12-18-15(21)13-7-5-6-9-17(13,3)4/h13H,5-12H2,1-4H3,(H,18,21)(H,19,20). The highest BCUT2D eigenvalue weighted by Crippen LogP contribution is 2.40. The van der Waals surface area contributed by atoms with Crippen LogP contribution in [0.15, 0.2) is 0 Å². The molecule has 1 unspecified atom stereocenters. The number of carboxylic acid groups (broad SMARTS) is 1. The van der Waals surface area contributed by atoms with Crippen LogP contribution < -0.4 is 5.32 Å². The van der Waals surface area contributed by atoms with Crippen molar-refractivity contribution in [1.82, 2.24) is 5.32 Å². The number of amides is 1. The Hall–Kier alpha value is -1.06. The van der Waals surface area contributed by atoms with Crippen molar-refractivity contribution in [3.8, 4) is 0 Å². The molecule has 0 aromatic rings. The van der Waals surface area contributed by atoms with Crippen LogP contribution in [-0.2, 0) is 9.59 Å². The van der Waals surface area contributed by atoms with Crippen molar-refractivity contribution < 1.29 is 14.7 Å². The Labute approximate surface area is 128 Å². The lowest BCUT2D eigenvalue weighted by Crippen LogP contribution is -2.42. The molecule has 1 rings (SSSR count). The number of rotatable bonds is 7. The summed E-state index contributed by atoms with van der Waals surface area (Å²) in [5.74, 6) is -0.460. The van der Waals surface area contributed by atoms with E-state index >= 15 is 0 Å². The van der Waals surface area contributed by atoms with Gasteiger partial charge in [-0.2, -0.15) is 0 Å². The van der Waals surface area contributed by atoms with Gasteiger partial charge in [-0.05, 0) is 36.5 Å². The lowest BCUT2D eigenvalue weighted by molar-refractivity contribution is -0.137. The summed E-state index contributed by atoms with van der Waals surface area (Å²) in [5.41, 5.74) is 0.0505. The smallest absolute Gasteiger partial charge is 0.303 e. The number of nitrogens with one attached hydrogen (secondary N) is 1. The lowest BCUT2D eigenvalue weighted by Gasteiger charge is -2.37. The zero-order valence-electron chi connectivity index (χ0n) is 14.0. The zero-order chi connectivity index (χ0) is 16.1. The molecule has 0 saturated heterocycles. The van der Waals surface area contributed by atoms with E-state index in [1.54, 1.807) is 0 Å². The molecule has 0 aromatic heterocycles. The lowest BCUT2D eigenvalue weighted by atomic mass is 9.68. The third kappa shape index (κ3) is 6.06. The van der Waals surface area contributed by atoms with Crippen LogP contribution in [0.4, 0.5) is 0 Å². The number of hydrogen-bond acceptors (Lipinski definition) is 2. The first-order chi connectivity index (χ1) is 9.64. The Morgan fingerprint density at radius 2 is 1.90 bits per heavy atom. The molecule has 1 atom stereocenters. The summed E-state index contributed by atoms with van der Waals surface area (Å²) >= 11 is 0. The van der Waals surface area contributed by atoms with Gasteiger partial charge in [-0.25, -0.2) is 0 Å². The van der Waals surface area contributed by atoms with E-state index in [1.807, 2.05) is 0 Å². The normalized spacial score (nSPS) is 21.8. The van der Waals surface area contributed by atoms with Crippen molar-refractivity contribution in [2.75, 3.05) is 6.54 Å². The highest BCUT2D eigenvalue weighted by molar-refractivity contribution is 5.79. The van der Waals surface area contributed by atoms with E-state index in [2.05, 4.69) is 33.0 Å². The van der Waals surface area contributed by atoms with Gasteiger partial charge in [0.05, 0.1) is 0 Å². The van der Waals surface area contributed by atoms with Crippen molar-refractivity contribution in [3.05, 3.63) is 0 Å². The van der Waals surface area contributed by atoms with Gasteiger partial charge in [-0.15, -0.1) is 0 Å². The third-order valence-corrected chi connectivity index (χ3v) is 4.94. The topological polar surface area (TPSA) is 66.4 Å². The second kappa shape index (κ2) is 7.28. The maximum absolute atomic E-state index is 12.4. The van der Waals surface area contributed by atoms with Crippen molar-refractivity contribution in [3.63, 3.8) is 0 Å². The number of hydrogen-bond donors (Lipinski definition) is 2. The van der Waals surface area contributed by atoms with E-state index in [-0.39, 0.29) is 29.1 Å². The molecule has 0 heterocycles. The van der Waals surface area contributed by atoms with Gasteiger partial charge in [0, 0.05) is 18.9 Å². The van der Waals surface area contributed by atoms with Crippen LogP contribution in [0.5, 0.6) is 0 Å². The first-order valence-electron chi connectivity index (χ1n) is 8.14. The van der Waals surface area contributed by atoms with Crippen LogP contribution in [0.2, 0.25) is 0 Å². The highest BCUT2D eigenvalue weighted by atomic mass is 16.4. The fourth-order valence-electron chi connectivity index (χ4n) is 3.20. The predicted molar refractivity (Wildman–Crippen MR) is 84.0 cm³/mol. The molecule has 1 aliphatic carbocycles. The summed E-state index contributed by atoms with van der Waals surface area (Å²) in [7, 11) is 0. The number of carbonyl (C=O) groups excluding carboxylic acids is 1. The van der Waals surface area contributed by atoms with Gasteiger partial charge in [0.2, 0.25) is 5.91 Å². The molecule has 0 aliphatic heterocycles. The first-order valence-corrected chi connectivity index (χ1v) is 8.14. The average Bonchev–Trinajstić information content (AvgIpc) is 2.35. The fourth-order valence-corrected chi connectivity index (χ4v) is 3.20. The van der Waals surface area contributed by atoms with Gasteiger partial charge < -0.3 is 10.4 Å². The van der Waals surface area contributed by atoms with Crippen LogP contribution in [-0.4, -0.2) is 23.5 Å². The molecule has 0 bridgehead atoms. The molecule has 1 amide bonds. The SMILES string of the molecule is CC(C)(CCNC(=O)C1CCCCC1(C)C)CCC(=O)O. The molecular formula is C17H31NO3. The van der Waals surface area contributed by atoms with Gasteiger partial charge in [0.25, 0.3) is 0 Å². The molecule has 2 N–H and O–H groups in total. The average molecular weight is 297 g/mol. The second-order valence-electron chi connectivity index (χ2n) is 7.89. The number of carboxylic acids is 1. The Bertz CT molecular complexity index is 374. The van der Waals surface area contributed by atoms with E-state index in [4.69, 9.17) is 5.11 Å². The Morgan fingerprint density at radius 3 is 2.48 bits per heavy atom. The molecule has 0 radical (unpaired) electrons. The summed E-state index contributed by atoms with van der Waals surface area (Å²) in [4.78, 5) is 23.0. The maximum atomic E-state index is 12.4. The molecular weight excluding hydrogens is 266 g/mol. The molecule has 4 heteroatoms. The van der Waals surface area contributed by atoms with E-state index in [1.165, 1.54) is 6.42 Å². The summed E-state index contributed by atoms with van der Waals surface area (Å²) in [6.07, 6.45) is 6.13. The van der Waals surface area contributed by atoms with Crippen LogP contribution >= 0.6 is 0 Å². The quantitative estimate of drug-likeness (QED) is 0.754. The number of carbonyl (C=O) groups is 2. The predicted octanol–water partition coefficient (Wildman–Crippen LogP) is 3.60. The highest BCUT2D eigenvalue weighted by Gasteiger charge is 2.36. The first kappa shape index (κ1) is 18.0. The van der Waals surface area contributed by atoms with Gasteiger partial charge in [0.1, 0.15) is 0 Å². The largest absolute Gasteiger partial charge is 0.481 e. The molecule has 1 saturated carbocycles. The molecule has 1 fully saturated rings. The van der Waals surface area contributed by atoms with Crippen molar-refractivity contribution in [2.45, 2.75) is 72.6 Å². The van der Waals surface area contributed by atoms with Crippen LogP contribution in [0, 0.1) is 16.7 Å². The van der Waals surface area contributed by atoms with Gasteiger partial charge >= 0.3 is 5.97 Å². The van der Waals surface area contributed by atoms with Crippen molar-refractivity contribution in [2.24, 2.45) is 16.7 Å². The Balaban J connectivity index is 2.37. The molecule has 1 aliphatic rings. The molecule has 21 heavy (non-hydrogen) atoms. The van der Waals surface area contributed by atoms with Crippen molar-refractivity contribution >= 4 is 11.9 Å². The van der Waals surface area contributed by atoms with E-state index in [0.29, 0.717) is 13.0 Å². The zero-order valence-corrected chi connectivity index (χ0v) is 14.0. The van der Waals surface area contributed by atoms with Crippen LogP contribution in [0.3, 0.4) is 0 Å². The summed E-state index contributed by atoms with van der Waals surface area (Å²) in [6.45, 7) is 9.14.